The number of carbonyl (C=O) groups is 1. The average molecular weight is 289 g/mol. The van der Waals surface area contributed by atoms with Crippen molar-refractivity contribution in [3.05, 3.63) is 29.3 Å². The van der Waals surface area contributed by atoms with E-state index in [0.717, 1.165) is 24.2 Å². The third-order valence-electron chi connectivity index (χ3n) is 4.75. The zero-order valence-corrected chi connectivity index (χ0v) is 12.9. The summed E-state index contributed by atoms with van der Waals surface area (Å²) in [5, 5.41) is 9.97. The predicted octanol–water partition coefficient (Wildman–Crippen LogP) is 2.34. The molecular weight excluding hydrogens is 266 g/mol. The van der Waals surface area contributed by atoms with Gasteiger partial charge in [-0.3, -0.25) is 4.79 Å². The Kier molecular flexibility index (Phi) is 3.44. The maximum Gasteiger partial charge on any atom is 0.254 e. The van der Waals surface area contributed by atoms with Gasteiger partial charge in [0.1, 0.15) is 5.75 Å². The number of hydrogen-bond donors (Lipinski definition) is 1. The van der Waals surface area contributed by atoms with Crippen molar-refractivity contribution in [2.75, 3.05) is 13.2 Å². The first-order valence-electron chi connectivity index (χ1n) is 7.66. The van der Waals surface area contributed by atoms with E-state index >= 15 is 0 Å². The molecule has 0 aliphatic carbocycles. The number of fused-ring (bicyclic) bond motifs is 1. The number of aliphatic hydroxyl groups excluding tert-OH is 1. The Bertz CT molecular complexity index is 567. The lowest BCUT2D eigenvalue weighted by Gasteiger charge is -2.37. The van der Waals surface area contributed by atoms with Gasteiger partial charge in [0.05, 0.1) is 18.8 Å². The molecular formula is C17H23NO3. The fourth-order valence-corrected chi connectivity index (χ4v) is 3.23. The number of benzene rings is 1. The zero-order valence-electron chi connectivity index (χ0n) is 12.9. The van der Waals surface area contributed by atoms with E-state index in [4.69, 9.17) is 4.74 Å². The van der Waals surface area contributed by atoms with Gasteiger partial charge >= 0.3 is 0 Å². The monoisotopic (exact) mass is 289 g/mol. The quantitative estimate of drug-likeness (QED) is 0.863. The molecule has 2 heterocycles. The molecule has 0 bridgehead atoms. The summed E-state index contributed by atoms with van der Waals surface area (Å²) in [6.45, 7) is 7.54. The molecule has 1 saturated heterocycles. The van der Waals surface area contributed by atoms with Gasteiger partial charge < -0.3 is 14.7 Å². The molecule has 1 aromatic carbocycles. The number of nitrogens with zero attached hydrogens (tertiary/aromatic N) is 1. The standard InChI is InChI=1S/C17H23NO3/c1-11-14(19)5-4-8-18(11)16(20)12-6-7-15-13(9-12)17(2,3)10-21-15/h6-7,9,11,14,19H,4-5,8,10H2,1-3H3. The number of aliphatic hydroxyl groups is 1. The largest absolute Gasteiger partial charge is 0.492 e. The fourth-order valence-electron chi connectivity index (χ4n) is 3.23. The van der Waals surface area contributed by atoms with Crippen molar-refractivity contribution in [1.29, 1.82) is 0 Å². The first-order valence-corrected chi connectivity index (χ1v) is 7.66. The molecule has 0 saturated carbocycles. The summed E-state index contributed by atoms with van der Waals surface area (Å²) in [4.78, 5) is 14.5. The smallest absolute Gasteiger partial charge is 0.254 e. The Hall–Kier alpha value is -1.55. The molecule has 1 amide bonds. The van der Waals surface area contributed by atoms with Crippen LogP contribution in [0.1, 0.15) is 49.5 Å². The molecule has 1 aromatic rings. The van der Waals surface area contributed by atoms with E-state index in [2.05, 4.69) is 13.8 Å². The maximum absolute atomic E-state index is 12.7. The highest BCUT2D eigenvalue weighted by atomic mass is 16.5. The molecule has 2 aliphatic rings. The lowest BCUT2D eigenvalue weighted by atomic mass is 9.86. The molecule has 2 unspecified atom stereocenters. The second-order valence-corrected chi connectivity index (χ2v) is 6.83. The third kappa shape index (κ3) is 2.42. The first-order chi connectivity index (χ1) is 9.90. The molecule has 0 aromatic heterocycles. The number of amides is 1. The van der Waals surface area contributed by atoms with Crippen LogP contribution in [-0.4, -0.2) is 41.2 Å². The summed E-state index contributed by atoms with van der Waals surface area (Å²) in [5.74, 6) is 0.884. The number of ether oxygens (including phenoxy) is 1. The van der Waals surface area contributed by atoms with Gasteiger partial charge in [0.2, 0.25) is 0 Å². The highest BCUT2D eigenvalue weighted by Gasteiger charge is 2.34. The SMILES string of the molecule is CC1C(O)CCCN1C(=O)c1ccc2c(c1)C(C)(C)CO2. The lowest BCUT2D eigenvalue weighted by molar-refractivity contribution is 0.0181. The molecule has 4 nitrogen and oxygen atoms in total. The van der Waals surface area contributed by atoms with Crippen molar-refractivity contribution in [3.63, 3.8) is 0 Å². The molecule has 4 heteroatoms. The van der Waals surface area contributed by atoms with Crippen LogP contribution in [0.25, 0.3) is 0 Å². The van der Waals surface area contributed by atoms with Crippen molar-refractivity contribution in [2.24, 2.45) is 0 Å². The Labute approximate surface area is 125 Å². The van der Waals surface area contributed by atoms with Crippen molar-refractivity contribution in [1.82, 2.24) is 4.90 Å². The number of likely N-dealkylation sites (tertiary alicyclic amines) is 1. The summed E-state index contributed by atoms with van der Waals surface area (Å²) in [6.07, 6.45) is 1.21. The topological polar surface area (TPSA) is 49.8 Å². The second-order valence-electron chi connectivity index (χ2n) is 6.83. The van der Waals surface area contributed by atoms with Gasteiger partial charge in [-0.15, -0.1) is 0 Å². The van der Waals surface area contributed by atoms with Crippen molar-refractivity contribution >= 4 is 5.91 Å². The van der Waals surface area contributed by atoms with E-state index < -0.39 is 6.10 Å². The van der Waals surface area contributed by atoms with Crippen molar-refractivity contribution in [2.45, 2.75) is 51.2 Å². The molecule has 0 spiro atoms. The van der Waals surface area contributed by atoms with Crippen LogP contribution in [0.4, 0.5) is 0 Å². The van der Waals surface area contributed by atoms with Gasteiger partial charge in [0, 0.05) is 23.1 Å². The van der Waals surface area contributed by atoms with Crippen LogP contribution in [-0.2, 0) is 5.41 Å². The lowest BCUT2D eigenvalue weighted by Crippen LogP contribution is -2.49. The minimum Gasteiger partial charge on any atom is -0.492 e. The van der Waals surface area contributed by atoms with Crippen LogP contribution in [0.15, 0.2) is 18.2 Å². The number of hydrogen-bond acceptors (Lipinski definition) is 3. The van der Waals surface area contributed by atoms with E-state index in [1.54, 1.807) is 4.90 Å². The Morgan fingerprint density at radius 3 is 2.95 bits per heavy atom. The van der Waals surface area contributed by atoms with E-state index in [1.165, 1.54) is 0 Å². The zero-order chi connectivity index (χ0) is 15.2. The summed E-state index contributed by atoms with van der Waals surface area (Å²) in [5.41, 5.74) is 1.73. The number of piperidine rings is 1. The van der Waals surface area contributed by atoms with Crippen molar-refractivity contribution in [3.8, 4) is 5.75 Å². The van der Waals surface area contributed by atoms with Gasteiger partial charge in [-0.05, 0) is 38.0 Å². The molecule has 0 radical (unpaired) electrons. The Morgan fingerprint density at radius 2 is 2.19 bits per heavy atom. The molecule has 2 aliphatic heterocycles. The van der Waals surface area contributed by atoms with Crippen LogP contribution in [0.2, 0.25) is 0 Å². The molecule has 2 atom stereocenters. The van der Waals surface area contributed by atoms with Gasteiger partial charge in [0.15, 0.2) is 0 Å². The third-order valence-corrected chi connectivity index (χ3v) is 4.75. The summed E-state index contributed by atoms with van der Waals surface area (Å²) < 4.78 is 5.67. The molecule has 3 rings (SSSR count). The molecule has 21 heavy (non-hydrogen) atoms. The molecule has 1 fully saturated rings. The minimum atomic E-state index is -0.420. The van der Waals surface area contributed by atoms with Crippen LogP contribution in [0, 0.1) is 0 Å². The first kappa shape index (κ1) is 14.4. The number of carbonyl (C=O) groups excluding carboxylic acids is 1. The van der Waals surface area contributed by atoms with E-state index in [-0.39, 0.29) is 17.4 Å². The highest BCUT2D eigenvalue weighted by Crippen LogP contribution is 2.39. The predicted molar refractivity (Wildman–Crippen MR) is 80.7 cm³/mol. The Morgan fingerprint density at radius 1 is 1.43 bits per heavy atom. The highest BCUT2D eigenvalue weighted by molar-refractivity contribution is 5.95. The van der Waals surface area contributed by atoms with E-state index in [0.29, 0.717) is 18.7 Å². The Balaban J connectivity index is 1.89. The van der Waals surface area contributed by atoms with Crippen molar-refractivity contribution < 1.29 is 14.6 Å². The van der Waals surface area contributed by atoms with Crippen LogP contribution < -0.4 is 4.74 Å². The normalized spacial score (nSPS) is 27.1. The summed E-state index contributed by atoms with van der Waals surface area (Å²) in [6, 6.07) is 5.56. The van der Waals surface area contributed by atoms with Crippen LogP contribution >= 0.6 is 0 Å². The second kappa shape index (κ2) is 5.02. The van der Waals surface area contributed by atoms with Crippen LogP contribution in [0.5, 0.6) is 5.75 Å². The minimum absolute atomic E-state index is 0.00625. The van der Waals surface area contributed by atoms with Gasteiger partial charge in [-0.25, -0.2) is 0 Å². The maximum atomic E-state index is 12.7. The summed E-state index contributed by atoms with van der Waals surface area (Å²) in [7, 11) is 0. The van der Waals surface area contributed by atoms with E-state index in [1.807, 2.05) is 25.1 Å². The molecule has 1 N–H and O–H groups in total. The van der Waals surface area contributed by atoms with Crippen LogP contribution in [0.3, 0.4) is 0 Å². The van der Waals surface area contributed by atoms with Gasteiger partial charge in [-0.2, -0.15) is 0 Å². The van der Waals surface area contributed by atoms with Gasteiger partial charge in [0.25, 0.3) is 5.91 Å². The summed E-state index contributed by atoms with van der Waals surface area (Å²) >= 11 is 0. The van der Waals surface area contributed by atoms with Gasteiger partial charge in [-0.1, -0.05) is 13.8 Å². The van der Waals surface area contributed by atoms with E-state index in [9.17, 15) is 9.90 Å². The fraction of sp³-hybridized carbons (Fsp3) is 0.588. The average Bonchev–Trinajstić information content (AvgIpc) is 2.76. The molecule has 114 valence electrons. The number of rotatable bonds is 1.